The quantitative estimate of drug-likeness (QED) is 0.459. The summed E-state index contributed by atoms with van der Waals surface area (Å²) in [5, 5.41) is 0. The van der Waals surface area contributed by atoms with Gasteiger partial charge < -0.3 is 0 Å². The predicted octanol–water partition coefficient (Wildman–Crippen LogP) is 3.39. The highest BCUT2D eigenvalue weighted by Crippen LogP contribution is 1.79. The highest BCUT2D eigenvalue weighted by Gasteiger charge is 1.56. The minimum Gasteiger partial charge on any atom is -0.122 e. The minimum atomic E-state index is 0.503. The molecule has 0 spiro atoms. The number of rotatable bonds is 2. The summed E-state index contributed by atoms with van der Waals surface area (Å²) in [4.78, 5) is 0. The van der Waals surface area contributed by atoms with Gasteiger partial charge in [0, 0.05) is 17.3 Å². The van der Waals surface area contributed by atoms with Crippen molar-refractivity contribution < 1.29 is 0 Å². The third kappa shape index (κ3) is 30.0. The third-order valence-electron chi connectivity index (χ3n) is 0.287. The van der Waals surface area contributed by atoms with Crippen molar-refractivity contribution in [1.29, 1.82) is 0 Å². The van der Waals surface area contributed by atoms with Gasteiger partial charge in [-0.3, -0.25) is 0 Å². The van der Waals surface area contributed by atoms with Crippen molar-refractivity contribution in [2.45, 2.75) is 0 Å². The Morgan fingerprint density at radius 1 is 1.22 bits per heavy atom. The number of hydrogen-bond donors (Lipinski definition) is 0. The summed E-state index contributed by atoms with van der Waals surface area (Å²) in [5.41, 5.74) is 1.40. The second kappa shape index (κ2) is 15.8. The standard InChI is InChI=1S/C3H4Cl2.C3H5Cl/c4-2-1-3-5;1-2-3-4/h1-2H,3H2;2H,1,3H2. The number of hydrogen-bond acceptors (Lipinski definition) is 0. The van der Waals surface area contributed by atoms with Crippen molar-refractivity contribution >= 4 is 34.8 Å². The monoisotopic (exact) mass is 186 g/mol. The molecule has 0 aliphatic rings. The zero-order valence-corrected chi connectivity index (χ0v) is 7.26. The molecule has 0 N–H and O–H groups in total. The molecule has 9 heavy (non-hydrogen) atoms. The first-order valence-corrected chi connectivity index (χ1v) is 3.82. The molecule has 0 fully saturated rings. The van der Waals surface area contributed by atoms with Crippen LogP contribution in [0.2, 0.25) is 0 Å². The van der Waals surface area contributed by atoms with E-state index < -0.39 is 0 Å². The smallest absolute Gasteiger partial charge is 0.0415 e. The van der Waals surface area contributed by atoms with Gasteiger partial charge in [0.05, 0.1) is 0 Å². The fourth-order valence-corrected chi connectivity index (χ4v) is 0.303. The Morgan fingerprint density at radius 2 is 1.67 bits per heavy atom. The van der Waals surface area contributed by atoms with Crippen LogP contribution in [-0.2, 0) is 0 Å². The van der Waals surface area contributed by atoms with E-state index in [1.54, 1.807) is 12.2 Å². The lowest BCUT2D eigenvalue weighted by molar-refractivity contribution is 1.79. The third-order valence-corrected chi connectivity index (χ3v) is 0.862. The van der Waals surface area contributed by atoms with Crippen LogP contribution in [-0.4, -0.2) is 11.8 Å². The first kappa shape index (κ1) is 12.1. The molecule has 0 saturated heterocycles. The Bertz CT molecular complexity index is 68.7. The SMILES string of the molecule is C=CCCl.ClC=CCCl. The molecule has 0 bridgehead atoms. The summed E-state index contributed by atoms with van der Waals surface area (Å²) in [6.07, 6.45) is 3.30. The summed E-state index contributed by atoms with van der Waals surface area (Å²) in [6, 6.07) is 0. The molecule has 0 radical (unpaired) electrons. The Hall–Kier alpha value is 0.350. The number of halogens is 3. The van der Waals surface area contributed by atoms with Crippen molar-refractivity contribution in [1.82, 2.24) is 0 Å². The first-order valence-electron chi connectivity index (χ1n) is 2.31. The topological polar surface area (TPSA) is 0 Å². The van der Waals surface area contributed by atoms with Gasteiger partial charge in [0.1, 0.15) is 0 Å². The van der Waals surface area contributed by atoms with Crippen molar-refractivity contribution in [3.05, 3.63) is 24.3 Å². The van der Waals surface area contributed by atoms with Crippen molar-refractivity contribution in [3.63, 3.8) is 0 Å². The molecule has 0 heterocycles. The molecule has 0 amide bonds. The van der Waals surface area contributed by atoms with Gasteiger partial charge in [-0.2, -0.15) is 0 Å². The minimum absolute atomic E-state index is 0.503. The second-order valence-corrected chi connectivity index (χ2v) is 1.83. The average Bonchev–Trinajstić information content (AvgIpc) is 1.91. The maximum absolute atomic E-state index is 5.13. The highest BCUT2D eigenvalue weighted by molar-refractivity contribution is 6.26. The van der Waals surface area contributed by atoms with Gasteiger partial charge in [0.15, 0.2) is 0 Å². The van der Waals surface area contributed by atoms with E-state index in [-0.39, 0.29) is 0 Å². The molecule has 0 aliphatic carbocycles. The van der Waals surface area contributed by atoms with E-state index in [1.807, 2.05) is 0 Å². The highest BCUT2D eigenvalue weighted by atomic mass is 35.5. The zero-order chi connectivity index (χ0) is 7.54. The van der Waals surface area contributed by atoms with E-state index in [0.717, 1.165) is 0 Å². The van der Waals surface area contributed by atoms with Crippen LogP contribution < -0.4 is 0 Å². The van der Waals surface area contributed by atoms with Crippen molar-refractivity contribution in [3.8, 4) is 0 Å². The molecule has 0 rings (SSSR count). The molecule has 0 nitrogen and oxygen atoms in total. The van der Waals surface area contributed by atoms with Crippen LogP contribution in [0.15, 0.2) is 24.3 Å². The lowest BCUT2D eigenvalue weighted by Crippen LogP contribution is -1.48. The zero-order valence-electron chi connectivity index (χ0n) is 4.99. The normalized spacial score (nSPS) is 8.33. The molecule has 0 aromatic heterocycles. The molecule has 0 saturated carbocycles. The lowest BCUT2D eigenvalue weighted by Gasteiger charge is -1.61. The molecule has 0 aliphatic heterocycles. The van der Waals surface area contributed by atoms with E-state index >= 15 is 0 Å². The summed E-state index contributed by atoms with van der Waals surface area (Å²) in [5.74, 6) is 1.06. The Labute approximate surface area is 71.1 Å². The molecule has 54 valence electrons. The molecule has 0 atom stereocenters. The fourth-order valence-electron chi connectivity index (χ4n) is 0.0337. The Morgan fingerprint density at radius 3 is 1.67 bits per heavy atom. The lowest BCUT2D eigenvalue weighted by atomic mass is 10.8. The van der Waals surface area contributed by atoms with E-state index in [9.17, 15) is 0 Å². The van der Waals surface area contributed by atoms with Gasteiger partial charge in [-0.1, -0.05) is 23.8 Å². The molecule has 0 aromatic rings. The van der Waals surface area contributed by atoms with Crippen LogP contribution in [0.1, 0.15) is 0 Å². The van der Waals surface area contributed by atoms with E-state index in [1.165, 1.54) is 5.54 Å². The predicted molar refractivity (Wildman–Crippen MR) is 46.6 cm³/mol. The van der Waals surface area contributed by atoms with Gasteiger partial charge >= 0.3 is 0 Å². The first-order chi connectivity index (χ1) is 4.33. The van der Waals surface area contributed by atoms with Crippen LogP contribution in [0.4, 0.5) is 0 Å². The van der Waals surface area contributed by atoms with Crippen LogP contribution in [0.25, 0.3) is 0 Å². The number of alkyl halides is 2. The molecule has 0 unspecified atom stereocenters. The average molecular weight is 187 g/mol. The maximum Gasteiger partial charge on any atom is 0.0415 e. The Kier molecular flexibility index (Phi) is 21.1. The van der Waals surface area contributed by atoms with Crippen molar-refractivity contribution in [2.75, 3.05) is 11.8 Å². The van der Waals surface area contributed by atoms with Crippen LogP contribution in [0.3, 0.4) is 0 Å². The summed E-state index contributed by atoms with van der Waals surface area (Å²) < 4.78 is 0. The van der Waals surface area contributed by atoms with E-state index in [4.69, 9.17) is 34.8 Å². The van der Waals surface area contributed by atoms with Crippen LogP contribution >= 0.6 is 34.8 Å². The van der Waals surface area contributed by atoms with Gasteiger partial charge in [0.2, 0.25) is 0 Å². The van der Waals surface area contributed by atoms with Crippen LogP contribution in [0, 0.1) is 0 Å². The number of allylic oxidation sites excluding steroid dienone is 2. The molecule has 3 heteroatoms. The van der Waals surface area contributed by atoms with Gasteiger partial charge in [0.25, 0.3) is 0 Å². The molecular weight excluding hydrogens is 178 g/mol. The van der Waals surface area contributed by atoms with E-state index in [2.05, 4.69) is 6.58 Å². The summed E-state index contributed by atoms with van der Waals surface area (Å²) >= 11 is 15.2. The van der Waals surface area contributed by atoms with Gasteiger partial charge in [-0.05, 0) is 0 Å². The molecular formula is C6H9Cl3. The largest absolute Gasteiger partial charge is 0.122 e. The molecule has 0 aromatic carbocycles. The summed E-state index contributed by atoms with van der Waals surface area (Å²) in [7, 11) is 0. The second-order valence-electron chi connectivity index (χ2n) is 0.959. The van der Waals surface area contributed by atoms with Crippen molar-refractivity contribution in [2.24, 2.45) is 0 Å². The summed E-state index contributed by atoms with van der Waals surface area (Å²) in [6.45, 7) is 3.35. The van der Waals surface area contributed by atoms with Gasteiger partial charge in [-0.15, -0.1) is 29.8 Å². The fraction of sp³-hybridized carbons (Fsp3) is 0.333. The van der Waals surface area contributed by atoms with Gasteiger partial charge in [-0.25, -0.2) is 0 Å². The van der Waals surface area contributed by atoms with E-state index in [0.29, 0.717) is 11.8 Å². The Balaban J connectivity index is 0. The van der Waals surface area contributed by atoms with Crippen LogP contribution in [0.5, 0.6) is 0 Å². The maximum atomic E-state index is 5.13.